The van der Waals surface area contributed by atoms with E-state index in [1.165, 1.54) is 0 Å². The summed E-state index contributed by atoms with van der Waals surface area (Å²) in [5, 5.41) is 1.56. The predicted octanol–water partition coefficient (Wildman–Crippen LogP) is 3.65. The molecule has 8 nitrogen and oxygen atoms in total. The van der Waals surface area contributed by atoms with Gasteiger partial charge in [-0.3, -0.25) is 0 Å². The predicted molar refractivity (Wildman–Crippen MR) is 128 cm³/mol. The fraction of sp³-hybridized carbons (Fsp3) is 0.519. The van der Waals surface area contributed by atoms with Crippen molar-refractivity contribution in [2.75, 3.05) is 13.2 Å². The Morgan fingerprint density at radius 2 is 1.60 bits per heavy atom. The highest BCUT2D eigenvalue weighted by molar-refractivity contribution is 5.68. The second-order valence-corrected chi connectivity index (χ2v) is 9.70. The molecule has 1 saturated carbocycles. The van der Waals surface area contributed by atoms with Gasteiger partial charge in [0.25, 0.3) is 0 Å². The Bertz CT molecular complexity index is 988. The number of carbonyl (C=O) groups excluding carboxylic acids is 1. The van der Waals surface area contributed by atoms with Crippen LogP contribution >= 0.6 is 0 Å². The Labute approximate surface area is 206 Å². The summed E-state index contributed by atoms with van der Waals surface area (Å²) < 4.78 is 30.6. The average Bonchev–Trinajstić information content (AvgIpc) is 3.45. The molecule has 3 fully saturated rings. The molecule has 1 aliphatic carbocycles. The fourth-order valence-electron chi connectivity index (χ4n) is 5.45. The molecule has 0 radical (unpaired) electrons. The largest absolute Gasteiger partial charge is 0.449 e. The molecule has 3 aliphatic rings. The SMILES string of the molecule is CCOC(=O)N1N[C@@H]2[C@@H](OCc3ccccc3)[C@H]3OC(C)(C)O[C@H]3[C@@H]2[C@@H]1COCc1ccccc1. The first-order valence-corrected chi connectivity index (χ1v) is 12.3. The van der Waals surface area contributed by atoms with Crippen LogP contribution in [0.1, 0.15) is 31.9 Å². The lowest BCUT2D eigenvalue weighted by Gasteiger charge is -2.29. The Kier molecular flexibility index (Phi) is 7.09. The molecule has 0 unspecified atom stereocenters. The van der Waals surface area contributed by atoms with Crippen LogP contribution in [-0.4, -0.2) is 60.5 Å². The number of hydrogen-bond donors (Lipinski definition) is 1. The van der Waals surface area contributed by atoms with Gasteiger partial charge in [-0.2, -0.15) is 0 Å². The maximum atomic E-state index is 12.9. The molecule has 2 aromatic rings. The maximum absolute atomic E-state index is 12.9. The average molecular weight is 483 g/mol. The Morgan fingerprint density at radius 3 is 2.26 bits per heavy atom. The minimum atomic E-state index is -0.735. The number of carbonyl (C=O) groups is 1. The van der Waals surface area contributed by atoms with Crippen LogP contribution in [-0.2, 0) is 36.9 Å². The van der Waals surface area contributed by atoms with Crippen LogP contribution in [0.25, 0.3) is 0 Å². The van der Waals surface area contributed by atoms with Gasteiger partial charge in [0.1, 0.15) is 12.2 Å². The molecule has 1 amide bonds. The molecule has 0 bridgehead atoms. The minimum absolute atomic E-state index is 0.0808. The molecule has 6 atom stereocenters. The number of rotatable bonds is 8. The van der Waals surface area contributed by atoms with Gasteiger partial charge in [-0.15, -0.1) is 0 Å². The van der Waals surface area contributed by atoms with Crippen LogP contribution in [0.2, 0.25) is 0 Å². The van der Waals surface area contributed by atoms with E-state index in [9.17, 15) is 4.79 Å². The zero-order valence-corrected chi connectivity index (χ0v) is 20.5. The first-order valence-electron chi connectivity index (χ1n) is 12.3. The van der Waals surface area contributed by atoms with E-state index < -0.39 is 11.9 Å². The van der Waals surface area contributed by atoms with Gasteiger partial charge in [-0.1, -0.05) is 60.7 Å². The monoisotopic (exact) mass is 482 g/mol. The van der Waals surface area contributed by atoms with Gasteiger partial charge in [0, 0.05) is 5.92 Å². The Balaban J connectivity index is 1.37. The van der Waals surface area contributed by atoms with Crippen LogP contribution in [0.3, 0.4) is 0 Å². The number of fused-ring (bicyclic) bond motifs is 3. The number of benzene rings is 2. The van der Waals surface area contributed by atoms with Gasteiger partial charge >= 0.3 is 6.09 Å². The van der Waals surface area contributed by atoms with E-state index in [0.29, 0.717) is 19.8 Å². The zero-order chi connectivity index (χ0) is 24.4. The molecule has 8 heteroatoms. The smallest absolute Gasteiger partial charge is 0.424 e. The van der Waals surface area contributed by atoms with Crippen LogP contribution in [0.15, 0.2) is 60.7 Å². The van der Waals surface area contributed by atoms with Crippen molar-refractivity contribution in [2.24, 2.45) is 5.92 Å². The number of nitrogens with one attached hydrogen (secondary N) is 1. The third kappa shape index (κ3) is 5.08. The van der Waals surface area contributed by atoms with Crippen molar-refractivity contribution in [3.63, 3.8) is 0 Å². The third-order valence-electron chi connectivity index (χ3n) is 6.85. The highest BCUT2D eigenvalue weighted by Gasteiger charge is 2.66. The standard InChI is InChI=1S/C27H34N2O6/c1-4-32-26(30)29-20(17-31-15-18-11-7-5-8-12-18)21-22(28-29)24(25-23(21)34-27(2,3)35-25)33-16-19-13-9-6-10-14-19/h5-14,20-25,28H,4,15-17H2,1-3H3/t20-,21+,22-,23-,24+,25-/m0/s1. The molecule has 2 aliphatic heterocycles. The third-order valence-corrected chi connectivity index (χ3v) is 6.85. The van der Waals surface area contributed by atoms with E-state index in [2.05, 4.69) is 5.43 Å². The summed E-state index contributed by atoms with van der Waals surface area (Å²) in [5.74, 6) is -0.815. The molecular weight excluding hydrogens is 448 g/mol. The van der Waals surface area contributed by atoms with Crippen molar-refractivity contribution >= 4 is 6.09 Å². The molecule has 0 spiro atoms. The summed E-state index contributed by atoms with van der Waals surface area (Å²) in [6.07, 6.45) is -1.22. The lowest BCUT2D eigenvalue weighted by atomic mass is 9.94. The van der Waals surface area contributed by atoms with Gasteiger partial charge in [0.15, 0.2) is 5.79 Å². The van der Waals surface area contributed by atoms with Crippen molar-refractivity contribution in [3.05, 3.63) is 71.8 Å². The molecule has 5 rings (SSSR count). The Hall–Kier alpha value is -2.49. The second-order valence-electron chi connectivity index (χ2n) is 9.70. The minimum Gasteiger partial charge on any atom is -0.449 e. The highest BCUT2D eigenvalue weighted by atomic mass is 16.8. The van der Waals surface area contributed by atoms with E-state index >= 15 is 0 Å². The summed E-state index contributed by atoms with van der Waals surface area (Å²) in [4.78, 5) is 12.9. The molecule has 2 saturated heterocycles. The summed E-state index contributed by atoms with van der Waals surface area (Å²) >= 11 is 0. The van der Waals surface area contributed by atoms with Crippen LogP contribution in [0.4, 0.5) is 4.79 Å². The highest BCUT2D eigenvalue weighted by Crippen LogP contribution is 2.48. The lowest BCUT2D eigenvalue weighted by molar-refractivity contribution is -0.174. The lowest BCUT2D eigenvalue weighted by Crippen LogP contribution is -2.51. The molecule has 2 aromatic carbocycles. The summed E-state index contributed by atoms with van der Waals surface area (Å²) in [7, 11) is 0. The summed E-state index contributed by atoms with van der Waals surface area (Å²) in [6.45, 7) is 7.15. The van der Waals surface area contributed by atoms with E-state index in [-0.39, 0.29) is 42.9 Å². The number of amides is 1. The van der Waals surface area contributed by atoms with E-state index in [0.717, 1.165) is 11.1 Å². The van der Waals surface area contributed by atoms with Crippen LogP contribution < -0.4 is 5.43 Å². The van der Waals surface area contributed by atoms with Crippen LogP contribution in [0, 0.1) is 5.92 Å². The van der Waals surface area contributed by atoms with Crippen molar-refractivity contribution in [2.45, 2.75) is 70.2 Å². The normalized spacial score (nSPS) is 30.8. The van der Waals surface area contributed by atoms with E-state index in [4.69, 9.17) is 23.7 Å². The van der Waals surface area contributed by atoms with Crippen molar-refractivity contribution < 1.29 is 28.5 Å². The summed E-state index contributed by atoms with van der Waals surface area (Å²) in [5.41, 5.74) is 5.53. The van der Waals surface area contributed by atoms with Gasteiger partial charge in [-0.05, 0) is 31.9 Å². The first-order chi connectivity index (χ1) is 17.0. The van der Waals surface area contributed by atoms with E-state index in [1.54, 1.807) is 11.9 Å². The first kappa shape index (κ1) is 24.2. The molecule has 2 heterocycles. The topological polar surface area (TPSA) is 78.5 Å². The van der Waals surface area contributed by atoms with Gasteiger partial charge in [0.05, 0.1) is 44.6 Å². The number of ether oxygens (including phenoxy) is 5. The van der Waals surface area contributed by atoms with Gasteiger partial charge < -0.3 is 23.7 Å². The quantitative estimate of drug-likeness (QED) is 0.615. The van der Waals surface area contributed by atoms with Crippen molar-refractivity contribution in [1.29, 1.82) is 0 Å². The van der Waals surface area contributed by atoms with Gasteiger partial charge in [0.2, 0.25) is 0 Å². The molecule has 1 N–H and O–H groups in total. The van der Waals surface area contributed by atoms with Gasteiger partial charge in [-0.25, -0.2) is 15.2 Å². The number of hydrazine groups is 1. The maximum Gasteiger partial charge on any atom is 0.424 e. The molecule has 0 aromatic heterocycles. The van der Waals surface area contributed by atoms with Crippen LogP contribution in [0.5, 0.6) is 0 Å². The Morgan fingerprint density at radius 1 is 0.971 bits per heavy atom. The fourth-order valence-corrected chi connectivity index (χ4v) is 5.45. The molecule has 35 heavy (non-hydrogen) atoms. The molecule has 188 valence electrons. The zero-order valence-electron chi connectivity index (χ0n) is 20.5. The number of hydrogen-bond acceptors (Lipinski definition) is 7. The van der Waals surface area contributed by atoms with Crippen molar-refractivity contribution in [3.8, 4) is 0 Å². The van der Waals surface area contributed by atoms with Crippen molar-refractivity contribution in [1.82, 2.24) is 10.4 Å². The summed E-state index contributed by atoms with van der Waals surface area (Å²) in [6, 6.07) is 19.6. The molecular formula is C27H34N2O6. The van der Waals surface area contributed by atoms with E-state index in [1.807, 2.05) is 74.5 Å². The second kappa shape index (κ2) is 10.2. The number of nitrogens with zero attached hydrogens (tertiary/aromatic N) is 1.